The number of carbonyl (C=O) groups is 2. The molecule has 1 unspecified atom stereocenters. The molecule has 26 heavy (non-hydrogen) atoms. The van der Waals surface area contributed by atoms with Crippen LogP contribution in [0.5, 0.6) is 0 Å². The van der Waals surface area contributed by atoms with Gasteiger partial charge in [-0.15, -0.1) is 0 Å². The Hall–Kier alpha value is -2.11. The van der Waals surface area contributed by atoms with Crippen LogP contribution in [0.15, 0.2) is 24.3 Å². The highest BCUT2D eigenvalue weighted by Gasteiger charge is 2.33. The number of amides is 3. The molecule has 5 nitrogen and oxygen atoms in total. The third kappa shape index (κ3) is 5.19. The van der Waals surface area contributed by atoms with Crippen LogP contribution >= 0.6 is 0 Å². The Morgan fingerprint density at radius 3 is 2.62 bits per heavy atom. The van der Waals surface area contributed by atoms with Gasteiger partial charge in [-0.2, -0.15) is 0 Å². The van der Waals surface area contributed by atoms with Gasteiger partial charge in [0.15, 0.2) is 0 Å². The van der Waals surface area contributed by atoms with Crippen molar-refractivity contribution >= 4 is 17.6 Å². The monoisotopic (exact) mass is 361 g/mol. The van der Waals surface area contributed by atoms with E-state index in [-0.39, 0.29) is 23.8 Å². The van der Waals surface area contributed by atoms with Gasteiger partial charge in [-0.3, -0.25) is 4.79 Å². The standard InChI is InChI=1S/C20H28FN3O2/c1-14-4-6-18(7-5-14)23-20(26)22-12-15-3-2-8-24(13-15)19(25)11-16-9-17(21)10-16/h4-7,15-17H,2-3,8-13H2,1H3,(H2,22,23,26). The maximum absolute atomic E-state index is 12.9. The minimum atomic E-state index is -0.710. The lowest BCUT2D eigenvalue weighted by Crippen LogP contribution is -2.45. The topological polar surface area (TPSA) is 61.4 Å². The van der Waals surface area contributed by atoms with E-state index in [4.69, 9.17) is 0 Å². The average Bonchev–Trinajstić information content (AvgIpc) is 2.61. The van der Waals surface area contributed by atoms with E-state index in [9.17, 15) is 14.0 Å². The van der Waals surface area contributed by atoms with Gasteiger partial charge < -0.3 is 15.5 Å². The van der Waals surface area contributed by atoms with Crippen LogP contribution in [0.4, 0.5) is 14.9 Å². The van der Waals surface area contributed by atoms with E-state index in [1.54, 1.807) is 0 Å². The van der Waals surface area contributed by atoms with Crippen molar-refractivity contribution in [3.05, 3.63) is 29.8 Å². The number of rotatable bonds is 5. The Kier molecular flexibility index (Phi) is 6.12. The van der Waals surface area contributed by atoms with Crippen LogP contribution in [-0.2, 0) is 4.79 Å². The number of carbonyl (C=O) groups excluding carboxylic acids is 2. The number of halogens is 1. The zero-order chi connectivity index (χ0) is 18.5. The van der Waals surface area contributed by atoms with Crippen LogP contribution in [0.25, 0.3) is 0 Å². The fourth-order valence-corrected chi connectivity index (χ4v) is 3.70. The number of benzene rings is 1. The van der Waals surface area contributed by atoms with Crippen LogP contribution in [-0.4, -0.2) is 42.6 Å². The van der Waals surface area contributed by atoms with E-state index in [1.807, 2.05) is 36.1 Å². The van der Waals surface area contributed by atoms with Gasteiger partial charge in [0.05, 0.1) is 0 Å². The predicted octanol–water partition coefficient (Wildman–Crippen LogP) is 3.49. The minimum absolute atomic E-state index is 0.135. The number of nitrogens with one attached hydrogen (secondary N) is 2. The number of nitrogens with zero attached hydrogens (tertiary/aromatic N) is 1. The van der Waals surface area contributed by atoms with Gasteiger partial charge in [-0.05, 0) is 56.6 Å². The summed E-state index contributed by atoms with van der Waals surface area (Å²) in [7, 11) is 0. The lowest BCUT2D eigenvalue weighted by atomic mass is 9.80. The second-order valence-corrected chi connectivity index (χ2v) is 7.69. The molecule has 1 heterocycles. The van der Waals surface area contributed by atoms with Gasteiger partial charge in [0.1, 0.15) is 6.17 Å². The predicted molar refractivity (Wildman–Crippen MR) is 99.7 cm³/mol. The quantitative estimate of drug-likeness (QED) is 0.843. The van der Waals surface area contributed by atoms with E-state index >= 15 is 0 Å². The lowest BCUT2D eigenvalue weighted by Gasteiger charge is -2.36. The van der Waals surface area contributed by atoms with Crippen LogP contribution in [0.2, 0.25) is 0 Å². The third-order valence-electron chi connectivity index (χ3n) is 5.37. The molecule has 6 heteroatoms. The molecule has 1 aliphatic carbocycles. The molecule has 2 fully saturated rings. The van der Waals surface area contributed by atoms with Crippen molar-refractivity contribution in [3.8, 4) is 0 Å². The van der Waals surface area contributed by atoms with E-state index in [2.05, 4.69) is 10.6 Å². The van der Waals surface area contributed by atoms with Crippen molar-refractivity contribution in [3.63, 3.8) is 0 Å². The summed E-state index contributed by atoms with van der Waals surface area (Å²) in [5.41, 5.74) is 1.91. The van der Waals surface area contributed by atoms with Crippen molar-refractivity contribution in [2.45, 2.75) is 45.2 Å². The van der Waals surface area contributed by atoms with Crippen LogP contribution in [0, 0.1) is 18.8 Å². The number of likely N-dealkylation sites (tertiary alicyclic amines) is 1. The Bertz CT molecular complexity index is 628. The Labute approximate surface area is 154 Å². The smallest absolute Gasteiger partial charge is 0.319 e. The number of piperidine rings is 1. The molecule has 0 radical (unpaired) electrons. The minimum Gasteiger partial charge on any atom is -0.342 e. The van der Waals surface area contributed by atoms with Gasteiger partial charge >= 0.3 is 6.03 Å². The van der Waals surface area contributed by atoms with Crippen molar-refractivity contribution in [1.29, 1.82) is 0 Å². The van der Waals surface area contributed by atoms with Crippen molar-refractivity contribution in [2.75, 3.05) is 25.0 Å². The van der Waals surface area contributed by atoms with Crippen molar-refractivity contribution in [1.82, 2.24) is 10.2 Å². The second-order valence-electron chi connectivity index (χ2n) is 7.69. The number of urea groups is 1. The van der Waals surface area contributed by atoms with Crippen molar-refractivity contribution in [2.24, 2.45) is 11.8 Å². The molecular weight excluding hydrogens is 333 g/mol. The summed E-state index contributed by atoms with van der Waals surface area (Å²) in [6.07, 6.45) is 2.78. The van der Waals surface area contributed by atoms with Gasteiger partial charge in [-0.25, -0.2) is 9.18 Å². The van der Waals surface area contributed by atoms with Gasteiger partial charge in [0.25, 0.3) is 0 Å². The summed E-state index contributed by atoms with van der Waals surface area (Å²) >= 11 is 0. The zero-order valence-electron chi connectivity index (χ0n) is 15.3. The second kappa shape index (κ2) is 8.52. The fourth-order valence-electron chi connectivity index (χ4n) is 3.70. The van der Waals surface area contributed by atoms with Crippen LogP contribution in [0.3, 0.4) is 0 Å². The summed E-state index contributed by atoms with van der Waals surface area (Å²) in [6.45, 7) is 4.00. The summed E-state index contributed by atoms with van der Waals surface area (Å²) in [6, 6.07) is 7.43. The largest absolute Gasteiger partial charge is 0.342 e. The van der Waals surface area contributed by atoms with Crippen LogP contribution in [0.1, 0.15) is 37.7 Å². The van der Waals surface area contributed by atoms with E-state index in [0.29, 0.717) is 32.4 Å². The van der Waals surface area contributed by atoms with E-state index < -0.39 is 6.17 Å². The number of anilines is 1. The Morgan fingerprint density at radius 2 is 1.92 bits per heavy atom. The summed E-state index contributed by atoms with van der Waals surface area (Å²) in [5, 5.41) is 5.73. The molecule has 142 valence electrons. The molecular formula is C20H28FN3O2. The molecule has 1 saturated carbocycles. The summed E-state index contributed by atoms with van der Waals surface area (Å²) < 4.78 is 12.9. The molecule has 1 aromatic rings. The van der Waals surface area contributed by atoms with Gasteiger partial charge in [0.2, 0.25) is 5.91 Å². The fraction of sp³-hybridized carbons (Fsp3) is 0.600. The first-order chi connectivity index (χ1) is 12.5. The molecule has 2 aliphatic rings. The van der Waals surface area contributed by atoms with E-state index in [1.165, 1.54) is 0 Å². The highest BCUT2D eigenvalue weighted by atomic mass is 19.1. The number of hydrogen-bond donors (Lipinski definition) is 2. The maximum Gasteiger partial charge on any atom is 0.319 e. The molecule has 1 saturated heterocycles. The number of hydrogen-bond acceptors (Lipinski definition) is 2. The molecule has 1 aromatic carbocycles. The third-order valence-corrected chi connectivity index (χ3v) is 5.37. The highest BCUT2D eigenvalue weighted by Crippen LogP contribution is 2.33. The maximum atomic E-state index is 12.9. The normalized spacial score (nSPS) is 25.3. The number of aryl methyl sites for hydroxylation is 1. The lowest BCUT2D eigenvalue weighted by molar-refractivity contribution is -0.135. The molecule has 0 aromatic heterocycles. The van der Waals surface area contributed by atoms with Gasteiger partial charge in [0, 0.05) is 31.7 Å². The molecule has 1 aliphatic heterocycles. The van der Waals surface area contributed by atoms with Crippen LogP contribution < -0.4 is 10.6 Å². The highest BCUT2D eigenvalue weighted by molar-refractivity contribution is 5.89. The number of alkyl halides is 1. The first kappa shape index (κ1) is 18.7. The Morgan fingerprint density at radius 1 is 1.19 bits per heavy atom. The molecule has 3 rings (SSSR count). The van der Waals surface area contributed by atoms with Crippen molar-refractivity contribution < 1.29 is 14.0 Å². The zero-order valence-corrected chi connectivity index (χ0v) is 15.3. The molecule has 1 atom stereocenters. The molecule has 2 N–H and O–H groups in total. The summed E-state index contributed by atoms with van der Waals surface area (Å²) in [5.74, 6) is 0.624. The Balaban J connectivity index is 1.39. The molecule has 0 bridgehead atoms. The molecule has 3 amide bonds. The summed E-state index contributed by atoms with van der Waals surface area (Å²) in [4.78, 5) is 26.3. The van der Waals surface area contributed by atoms with E-state index in [0.717, 1.165) is 30.6 Å². The average molecular weight is 361 g/mol. The first-order valence-corrected chi connectivity index (χ1v) is 9.53. The molecule has 0 spiro atoms. The first-order valence-electron chi connectivity index (χ1n) is 9.53. The van der Waals surface area contributed by atoms with Gasteiger partial charge in [-0.1, -0.05) is 17.7 Å². The SMILES string of the molecule is Cc1ccc(NC(=O)NCC2CCCN(C(=O)CC3CC(F)C3)C2)cc1.